The molecule has 0 radical (unpaired) electrons. The van der Waals surface area contributed by atoms with Crippen molar-refractivity contribution in [3.8, 4) is 17.0 Å². The Labute approximate surface area is 201 Å². The first-order valence-corrected chi connectivity index (χ1v) is 11.5. The first-order chi connectivity index (χ1) is 17.0. The topological polar surface area (TPSA) is 115 Å². The maximum atomic E-state index is 12.3. The number of carboxylic acids is 1. The molecule has 4 heterocycles. The molecule has 0 unspecified atom stereocenters. The maximum absolute atomic E-state index is 12.3. The van der Waals surface area contributed by atoms with E-state index >= 15 is 0 Å². The molecule has 5 rings (SSSR count). The summed E-state index contributed by atoms with van der Waals surface area (Å²) >= 11 is 0. The van der Waals surface area contributed by atoms with E-state index in [9.17, 15) is 14.7 Å². The van der Waals surface area contributed by atoms with Gasteiger partial charge in [0.1, 0.15) is 12.4 Å². The molecule has 3 aromatic heterocycles. The Balaban J connectivity index is 1.27. The highest BCUT2D eigenvalue weighted by molar-refractivity contribution is 5.87. The lowest BCUT2D eigenvalue weighted by atomic mass is 9.96. The van der Waals surface area contributed by atoms with Crippen LogP contribution in [0.1, 0.15) is 12.8 Å². The first kappa shape index (κ1) is 22.6. The summed E-state index contributed by atoms with van der Waals surface area (Å²) in [6.45, 7) is 1.98. The van der Waals surface area contributed by atoms with Crippen LogP contribution in [0.2, 0.25) is 0 Å². The van der Waals surface area contributed by atoms with Gasteiger partial charge in [-0.1, -0.05) is 0 Å². The molecule has 0 aliphatic carbocycles. The number of carboxylic acid groups (broad SMARTS) is 1. The molecule has 4 aromatic rings. The Bertz CT molecular complexity index is 1420. The number of pyridine rings is 1. The molecule has 0 saturated carbocycles. The van der Waals surface area contributed by atoms with Crippen LogP contribution in [0.5, 0.6) is 5.75 Å². The van der Waals surface area contributed by atoms with Crippen LogP contribution in [0.15, 0.2) is 59.8 Å². The average molecular weight is 475 g/mol. The number of nitrogens with zero attached hydrogens (tertiary/aromatic N) is 6. The minimum atomic E-state index is -0.715. The number of rotatable bonds is 7. The number of hydrogen-bond donors (Lipinski definition) is 1. The lowest BCUT2D eigenvalue weighted by Gasteiger charge is -2.32. The highest BCUT2D eigenvalue weighted by Crippen LogP contribution is 2.30. The minimum absolute atomic E-state index is 0.197. The van der Waals surface area contributed by atoms with Crippen LogP contribution >= 0.6 is 0 Å². The quantitative estimate of drug-likeness (QED) is 0.435. The van der Waals surface area contributed by atoms with Crippen molar-refractivity contribution in [2.45, 2.75) is 19.4 Å². The van der Waals surface area contributed by atoms with Crippen LogP contribution in [0, 0.1) is 5.92 Å². The molecular weight excluding hydrogens is 448 g/mol. The predicted molar refractivity (Wildman–Crippen MR) is 131 cm³/mol. The highest BCUT2D eigenvalue weighted by atomic mass is 16.5. The summed E-state index contributed by atoms with van der Waals surface area (Å²) in [5, 5.41) is 18.7. The molecule has 180 valence electrons. The number of hydrogen-bond acceptors (Lipinski definition) is 7. The largest absolute Gasteiger partial charge is 0.491 e. The van der Waals surface area contributed by atoms with Gasteiger partial charge in [0, 0.05) is 55.2 Å². The fourth-order valence-corrected chi connectivity index (χ4v) is 4.38. The third-order valence-corrected chi connectivity index (χ3v) is 6.32. The third kappa shape index (κ3) is 4.86. The second-order valence-corrected chi connectivity index (χ2v) is 8.64. The molecule has 0 amide bonds. The number of aromatic nitrogens is 5. The fourth-order valence-electron chi connectivity index (χ4n) is 4.38. The van der Waals surface area contributed by atoms with Crippen LogP contribution in [0.4, 0.5) is 5.69 Å². The lowest BCUT2D eigenvalue weighted by molar-refractivity contribution is -0.142. The molecule has 1 N–H and O–H groups in total. The summed E-state index contributed by atoms with van der Waals surface area (Å²) in [4.78, 5) is 30.2. The molecule has 1 fully saturated rings. The van der Waals surface area contributed by atoms with Gasteiger partial charge in [-0.3, -0.25) is 19.3 Å². The van der Waals surface area contributed by atoms with E-state index in [1.54, 1.807) is 23.1 Å². The number of ether oxygens (including phenoxy) is 1. The zero-order valence-corrected chi connectivity index (χ0v) is 19.4. The molecule has 0 bridgehead atoms. The van der Waals surface area contributed by atoms with Gasteiger partial charge in [-0.2, -0.15) is 10.2 Å². The van der Waals surface area contributed by atoms with Gasteiger partial charge in [-0.05, 0) is 43.2 Å². The van der Waals surface area contributed by atoms with E-state index in [-0.39, 0.29) is 18.1 Å². The zero-order valence-electron chi connectivity index (χ0n) is 19.4. The Morgan fingerprint density at radius 1 is 1.17 bits per heavy atom. The second kappa shape index (κ2) is 9.57. The van der Waals surface area contributed by atoms with Gasteiger partial charge in [-0.25, -0.2) is 4.68 Å². The maximum Gasteiger partial charge on any atom is 0.306 e. The molecule has 10 nitrogen and oxygen atoms in total. The standard InChI is InChI=1S/C25H26N6O4/c1-29-16-18(15-27-29)21-4-5-24(32)31(28-21)12-13-35-23-6-9-26-22-14-19(2-3-20(22)23)30-10-7-17(8-11-30)25(33)34/h2-6,9,14-17H,7-8,10-13H2,1H3,(H,33,34). The lowest BCUT2D eigenvalue weighted by Crippen LogP contribution is -2.36. The zero-order chi connectivity index (χ0) is 24.4. The number of piperidine rings is 1. The molecule has 0 atom stereocenters. The summed E-state index contributed by atoms with van der Waals surface area (Å²) in [6.07, 6.45) is 6.53. The van der Waals surface area contributed by atoms with Crippen LogP contribution in [-0.2, 0) is 18.4 Å². The predicted octanol–water partition coefficient (Wildman–Crippen LogP) is 2.57. The number of benzene rings is 1. The van der Waals surface area contributed by atoms with E-state index in [0.29, 0.717) is 43.9 Å². The van der Waals surface area contributed by atoms with Crippen LogP contribution in [0.3, 0.4) is 0 Å². The SMILES string of the molecule is Cn1cc(-c2ccc(=O)n(CCOc3ccnc4cc(N5CCC(C(=O)O)CC5)ccc34)n2)cn1. The Morgan fingerprint density at radius 3 is 2.74 bits per heavy atom. The Kier molecular flexibility index (Phi) is 6.17. The third-order valence-electron chi connectivity index (χ3n) is 6.32. The van der Waals surface area contributed by atoms with Crippen LogP contribution in [-0.4, -0.2) is 55.3 Å². The Morgan fingerprint density at radius 2 is 2.00 bits per heavy atom. The highest BCUT2D eigenvalue weighted by Gasteiger charge is 2.24. The van der Waals surface area contributed by atoms with E-state index in [1.165, 1.54) is 10.7 Å². The second-order valence-electron chi connectivity index (χ2n) is 8.64. The van der Waals surface area contributed by atoms with Gasteiger partial charge >= 0.3 is 5.97 Å². The monoisotopic (exact) mass is 474 g/mol. The van der Waals surface area contributed by atoms with Crippen molar-refractivity contribution >= 4 is 22.6 Å². The van der Waals surface area contributed by atoms with Gasteiger partial charge < -0.3 is 14.7 Å². The van der Waals surface area contributed by atoms with Crippen molar-refractivity contribution in [2.24, 2.45) is 13.0 Å². The number of fused-ring (bicyclic) bond motifs is 1. The normalized spacial score (nSPS) is 14.4. The van der Waals surface area contributed by atoms with Gasteiger partial charge in [0.15, 0.2) is 0 Å². The van der Waals surface area contributed by atoms with Crippen molar-refractivity contribution in [2.75, 3.05) is 24.6 Å². The molecule has 1 aliphatic rings. The summed E-state index contributed by atoms with van der Waals surface area (Å²) in [6, 6.07) is 11.0. The van der Waals surface area contributed by atoms with Gasteiger partial charge in [0.25, 0.3) is 5.56 Å². The van der Waals surface area contributed by atoms with E-state index in [1.807, 2.05) is 37.5 Å². The molecule has 0 spiro atoms. The van der Waals surface area contributed by atoms with Gasteiger partial charge in [0.05, 0.1) is 29.9 Å². The number of aryl methyl sites for hydroxylation is 1. The van der Waals surface area contributed by atoms with Crippen molar-refractivity contribution in [1.82, 2.24) is 24.5 Å². The van der Waals surface area contributed by atoms with Crippen molar-refractivity contribution in [1.29, 1.82) is 0 Å². The van der Waals surface area contributed by atoms with Crippen molar-refractivity contribution < 1.29 is 14.6 Å². The van der Waals surface area contributed by atoms with Crippen LogP contribution < -0.4 is 15.2 Å². The summed E-state index contributed by atoms with van der Waals surface area (Å²) in [5.74, 6) is -0.299. The van der Waals surface area contributed by atoms with E-state index in [4.69, 9.17) is 4.74 Å². The van der Waals surface area contributed by atoms with Crippen molar-refractivity contribution in [3.05, 3.63) is 65.3 Å². The number of anilines is 1. The van der Waals surface area contributed by atoms with E-state index in [0.717, 1.165) is 22.2 Å². The van der Waals surface area contributed by atoms with E-state index < -0.39 is 5.97 Å². The van der Waals surface area contributed by atoms with Gasteiger partial charge in [-0.15, -0.1) is 0 Å². The molecule has 35 heavy (non-hydrogen) atoms. The molecule has 1 aromatic carbocycles. The molecule has 1 saturated heterocycles. The number of carbonyl (C=O) groups is 1. The average Bonchev–Trinajstić information content (AvgIpc) is 3.31. The number of aliphatic carboxylic acids is 1. The van der Waals surface area contributed by atoms with E-state index in [2.05, 4.69) is 20.1 Å². The summed E-state index contributed by atoms with van der Waals surface area (Å²) in [5.41, 5.74) is 3.14. The summed E-state index contributed by atoms with van der Waals surface area (Å²) < 4.78 is 9.10. The fraction of sp³-hybridized carbons (Fsp3) is 0.320. The summed E-state index contributed by atoms with van der Waals surface area (Å²) in [7, 11) is 1.83. The van der Waals surface area contributed by atoms with Crippen LogP contribution in [0.25, 0.3) is 22.2 Å². The molecule has 10 heteroatoms. The smallest absolute Gasteiger partial charge is 0.306 e. The molecule has 1 aliphatic heterocycles. The van der Waals surface area contributed by atoms with Gasteiger partial charge in [0.2, 0.25) is 0 Å². The Hall–Kier alpha value is -4.21. The molecular formula is C25H26N6O4. The van der Waals surface area contributed by atoms with Crippen molar-refractivity contribution in [3.63, 3.8) is 0 Å². The first-order valence-electron chi connectivity index (χ1n) is 11.5. The minimum Gasteiger partial charge on any atom is -0.491 e.